The van der Waals surface area contributed by atoms with Crippen LogP contribution in [-0.4, -0.2) is 60.2 Å². The highest BCUT2D eigenvalue weighted by atomic mass is 19.1. The molecule has 0 saturated carbocycles. The first-order valence-corrected chi connectivity index (χ1v) is 9.26. The van der Waals surface area contributed by atoms with E-state index in [9.17, 15) is 8.78 Å². The number of nitrogens with zero attached hydrogens (tertiary/aromatic N) is 2. The number of ether oxygens (including phenoxy) is 1. The average molecular weight is 351 g/mol. The van der Waals surface area contributed by atoms with Gasteiger partial charge in [0.1, 0.15) is 17.7 Å². The summed E-state index contributed by atoms with van der Waals surface area (Å²) < 4.78 is 33.4. The van der Waals surface area contributed by atoms with Gasteiger partial charge in [-0.25, -0.2) is 8.78 Å². The summed E-state index contributed by atoms with van der Waals surface area (Å²) in [6, 6.07) is 4.59. The van der Waals surface area contributed by atoms with Crippen LogP contribution in [0.1, 0.15) is 31.9 Å². The molecule has 1 aromatic carbocycles. The van der Waals surface area contributed by atoms with E-state index in [-0.39, 0.29) is 17.6 Å². The summed E-state index contributed by atoms with van der Waals surface area (Å²) in [6.45, 7) is 8.39. The molecule has 3 aliphatic heterocycles. The molecule has 0 amide bonds. The molecule has 4 nitrogen and oxygen atoms in total. The summed E-state index contributed by atoms with van der Waals surface area (Å²) in [4.78, 5) is 5.04. The lowest BCUT2D eigenvalue weighted by atomic mass is 9.86. The van der Waals surface area contributed by atoms with Crippen LogP contribution in [0.3, 0.4) is 0 Å². The Kier molecular flexibility index (Phi) is 4.56. The van der Waals surface area contributed by atoms with Crippen LogP contribution in [0.4, 0.5) is 8.78 Å². The number of likely N-dealkylation sites (tertiary alicyclic amines) is 2. The zero-order valence-electron chi connectivity index (χ0n) is 14.9. The van der Waals surface area contributed by atoms with Gasteiger partial charge in [-0.15, -0.1) is 0 Å². The Morgan fingerprint density at radius 2 is 2.00 bits per heavy atom. The Labute approximate surface area is 147 Å². The van der Waals surface area contributed by atoms with E-state index in [0.29, 0.717) is 18.7 Å². The molecule has 5 atom stereocenters. The highest BCUT2D eigenvalue weighted by Gasteiger charge is 2.49. The van der Waals surface area contributed by atoms with Gasteiger partial charge in [-0.3, -0.25) is 9.80 Å². The summed E-state index contributed by atoms with van der Waals surface area (Å²) in [6.07, 6.45) is 0.186. The van der Waals surface area contributed by atoms with Crippen molar-refractivity contribution in [3.63, 3.8) is 0 Å². The van der Waals surface area contributed by atoms with Gasteiger partial charge in [0.05, 0.1) is 6.61 Å². The van der Waals surface area contributed by atoms with Crippen LogP contribution < -0.4 is 5.73 Å². The molecule has 3 aliphatic rings. The monoisotopic (exact) mass is 351 g/mol. The first-order chi connectivity index (χ1) is 11.9. The normalized spacial score (nSPS) is 36.5. The third-order valence-corrected chi connectivity index (χ3v) is 6.17. The Morgan fingerprint density at radius 1 is 1.20 bits per heavy atom. The number of hydrogen-bond acceptors (Lipinski definition) is 4. The molecular weight excluding hydrogens is 324 g/mol. The number of hydrogen-bond donors (Lipinski definition) is 1. The lowest BCUT2D eigenvalue weighted by Crippen LogP contribution is -2.63. The van der Waals surface area contributed by atoms with Crippen LogP contribution in [0.5, 0.6) is 0 Å². The van der Waals surface area contributed by atoms with Crippen molar-refractivity contribution in [2.24, 2.45) is 11.7 Å². The highest BCUT2D eigenvalue weighted by Crippen LogP contribution is 2.39. The molecular formula is C19H27F2N3O. The van der Waals surface area contributed by atoms with Crippen molar-refractivity contribution in [2.75, 3.05) is 26.2 Å². The Balaban J connectivity index is 1.40. The Morgan fingerprint density at radius 3 is 2.72 bits per heavy atom. The second kappa shape index (κ2) is 6.58. The summed E-state index contributed by atoms with van der Waals surface area (Å²) in [7, 11) is 0. The zero-order chi connectivity index (χ0) is 17.7. The van der Waals surface area contributed by atoms with E-state index in [2.05, 4.69) is 23.6 Å². The largest absolute Gasteiger partial charge is 0.370 e. The minimum atomic E-state index is -0.570. The van der Waals surface area contributed by atoms with Crippen LogP contribution in [0.2, 0.25) is 0 Å². The summed E-state index contributed by atoms with van der Waals surface area (Å²) in [5.41, 5.74) is 6.53. The van der Waals surface area contributed by atoms with E-state index in [1.54, 1.807) is 0 Å². The molecule has 0 bridgehead atoms. The lowest BCUT2D eigenvalue weighted by Gasteiger charge is -2.51. The van der Waals surface area contributed by atoms with Crippen LogP contribution in [0.25, 0.3) is 0 Å². The molecule has 4 rings (SSSR count). The molecule has 2 unspecified atom stereocenters. The summed E-state index contributed by atoms with van der Waals surface area (Å²) in [5, 5.41) is 0. The second-order valence-corrected chi connectivity index (χ2v) is 8.05. The smallest absolute Gasteiger partial charge is 0.129 e. The maximum absolute atomic E-state index is 14.0. The molecule has 6 heteroatoms. The van der Waals surface area contributed by atoms with Crippen LogP contribution in [-0.2, 0) is 4.74 Å². The van der Waals surface area contributed by atoms with Crippen molar-refractivity contribution in [3.05, 3.63) is 35.4 Å². The van der Waals surface area contributed by atoms with Gasteiger partial charge in [-0.2, -0.15) is 0 Å². The van der Waals surface area contributed by atoms with Crippen molar-refractivity contribution < 1.29 is 13.5 Å². The van der Waals surface area contributed by atoms with Crippen molar-refractivity contribution in [1.29, 1.82) is 0 Å². The number of halogens is 2. The molecule has 138 valence electrons. The van der Waals surface area contributed by atoms with Gasteiger partial charge in [0.2, 0.25) is 0 Å². The van der Waals surface area contributed by atoms with Crippen molar-refractivity contribution in [2.45, 2.75) is 50.5 Å². The molecule has 0 aliphatic carbocycles. The second-order valence-electron chi connectivity index (χ2n) is 8.05. The molecule has 3 heterocycles. The Hall–Kier alpha value is -1.08. The maximum atomic E-state index is 14.0. The first-order valence-electron chi connectivity index (χ1n) is 9.26. The standard InChI is InChI=1S/C19H27F2N3O/c1-11(2)23-7-12-8-24(18(12)9-23)14-6-17(22)19(25-10-14)15-5-13(20)3-4-16(15)21/h3-5,11-12,14,17-19H,6-10,22H2,1-2H3/t12?,14-,17+,18?,19-/m1/s1. The first kappa shape index (κ1) is 17.3. The predicted octanol–water partition coefficient (Wildman–Crippen LogP) is 2.15. The SMILES string of the molecule is CC(C)N1CC2CN([C@H]3CO[C@H](c4cc(F)ccc4F)[C@@H](N)C3)C2C1. The number of nitrogens with two attached hydrogens (primary N) is 1. The highest BCUT2D eigenvalue weighted by molar-refractivity contribution is 5.23. The molecule has 3 saturated heterocycles. The van der Waals surface area contributed by atoms with Gasteiger partial charge >= 0.3 is 0 Å². The quantitative estimate of drug-likeness (QED) is 0.906. The number of rotatable bonds is 3. The number of fused-ring (bicyclic) bond motifs is 1. The molecule has 3 fully saturated rings. The van der Waals surface area contributed by atoms with Gasteiger partial charge < -0.3 is 10.5 Å². The van der Waals surface area contributed by atoms with E-state index in [4.69, 9.17) is 10.5 Å². The molecule has 0 aromatic heterocycles. The third-order valence-electron chi connectivity index (χ3n) is 6.17. The molecule has 0 spiro atoms. The van der Waals surface area contributed by atoms with Gasteiger partial charge in [-0.05, 0) is 38.5 Å². The average Bonchev–Trinajstić information content (AvgIpc) is 2.88. The minimum Gasteiger partial charge on any atom is -0.370 e. The van der Waals surface area contributed by atoms with Crippen molar-refractivity contribution >= 4 is 0 Å². The van der Waals surface area contributed by atoms with Crippen molar-refractivity contribution in [1.82, 2.24) is 9.80 Å². The summed E-state index contributed by atoms with van der Waals surface area (Å²) >= 11 is 0. The fraction of sp³-hybridized carbons (Fsp3) is 0.684. The van der Waals surface area contributed by atoms with E-state index in [0.717, 1.165) is 37.6 Å². The molecule has 2 N–H and O–H groups in total. The van der Waals surface area contributed by atoms with E-state index >= 15 is 0 Å². The van der Waals surface area contributed by atoms with Crippen LogP contribution in [0.15, 0.2) is 18.2 Å². The third kappa shape index (κ3) is 3.10. The maximum Gasteiger partial charge on any atom is 0.129 e. The molecule has 1 aromatic rings. The van der Waals surface area contributed by atoms with Crippen molar-refractivity contribution in [3.8, 4) is 0 Å². The fourth-order valence-electron chi connectivity index (χ4n) is 4.68. The fourth-order valence-corrected chi connectivity index (χ4v) is 4.68. The van der Waals surface area contributed by atoms with Gasteiger partial charge in [-0.1, -0.05) is 0 Å². The van der Waals surface area contributed by atoms with Gasteiger partial charge in [0.25, 0.3) is 0 Å². The van der Waals surface area contributed by atoms with Crippen LogP contribution >= 0.6 is 0 Å². The lowest BCUT2D eigenvalue weighted by molar-refractivity contribution is -0.0937. The van der Waals surface area contributed by atoms with Gasteiger partial charge in [0, 0.05) is 55.3 Å². The van der Waals surface area contributed by atoms with Crippen LogP contribution in [0, 0.1) is 17.6 Å². The number of benzene rings is 1. The van der Waals surface area contributed by atoms with E-state index in [1.165, 1.54) is 12.6 Å². The minimum absolute atomic E-state index is 0.235. The predicted molar refractivity (Wildman–Crippen MR) is 92.1 cm³/mol. The van der Waals surface area contributed by atoms with E-state index < -0.39 is 17.7 Å². The van der Waals surface area contributed by atoms with E-state index in [1.807, 2.05) is 0 Å². The topological polar surface area (TPSA) is 41.7 Å². The summed E-state index contributed by atoms with van der Waals surface area (Å²) in [5.74, 6) is -0.163. The molecule has 0 radical (unpaired) electrons. The van der Waals surface area contributed by atoms with Gasteiger partial charge in [0.15, 0.2) is 0 Å². The Bertz CT molecular complexity index is 641. The zero-order valence-corrected chi connectivity index (χ0v) is 14.9. The molecule has 25 heavy (non-hydrogen) atoms.